The minimum atomic E-state index is -0.516. The third-order valence-corrected chi connectivity index (χ3v) is 4.59. The van der Waals surface area contributed by atoms with Crippen molar-refractivity contribution in [1.29, 1.82) is 0 Å². The predicted octanol–water partition coefficient (Wildman–Crippen LogP) is 1.39. The maximum Gasteiger partial charge on any atom is 0.222 e. The van der Waals surface area contributed by atoms with Crippen molar-refractivity contribution in [2.45, 2.75) is 32.8 Å². The second-order valence-electron chi connectivity index (χ2n) is 6.77. The summed E-state index contributed by atoms with van der Waals surface area (Å²) < 4.78 is 5.30. The Morgan fingerprint density at radius 1 is 1.33 bits per heavy atom. The molecule has 1 atom stereocenters. The Morgan fingerprint density at radius 3 is 2.71 bits per heavy atom. The predicted molar refractivity (Wildman–Crippen MR) is 95.1 cm³/mol. The normalized spacial score (nSPS) is 16.8. The third kappa shape index (κ3) is 5.89. The molecule has 1 saturated heterocycles. The van der Waals surface area contributed by atoms with Gasteiger partial charge >= 0.3 is 0 Å². The molecule has 0 saturated carbocycles. The number of amides is 1. The number of β-amino-alcohol motifs (C(OH)–C–C–N with tert-alkyl or cyclic N) is 1. The van der Waals surface area contributed by atoms with Crippen LogP contribution in [0.3, 0.4) is 0 Å². The molecular formula is C19H30N2O3. The molecule has 1 amide bonds. The van der Waals surface area contributed by atoms with Crippen LogP contribution in [0, 0.1) is 13.8 Å². The highest BCUT2D eigenvalue weighted by Crippen LogP contribution is 2.13. The summed E-state index contributed by atoms with van der Waals surface area (Å²) in [5.74, 6) is 0.0796. The molecule has 1 aliphatic rings. The molecule has 1 unspecified atom stereocenters. The van der Waals surface area contributed by atoms with Crippen molar-refractivity contribution in [3.8, 4) is 0 Å². The molecule has 5 nitrogen and oxygen atoms in total. The average Bonchev–Trinajstić information content (AvgIpc) is 2.54. The number of morpholine rings is 1. The lowest BCUT2D eigenvalue weighted by molar-refractivity contribution is -0.131. The summed E-state index contributed by atoms with van der Waals surface area (Å²) in [5, 5.41) is 10.2. The van der Waals surface area contributed by atoms with Gasteiger partial charge in [0.15, 0.2) is 0 Å². The molecule has 2 rings (SSSR count). The highest BCUT2D eigenvalue weighted by Gasteiger charge is 2.18. The largest absolute Gasteiger partial charge is 0.390 e. The van der Waals surface area contributed by atoms with E-state index in [9.17, 15) is 9.90 Å². The fraction of sp³-hybridized carbons (Fsp3) is 0.632. The standard InChI is InChI=1S/C19H30N2O3/c1-15-4-5-17(16(2)12-15)6-7-19(23)20(3)13-18(22)14-21-8-10-24-11-9-21/h4-5,12,18,22H,6-11,13-14H2,1-3H3. The molecule has 5 heteroatoms. The molecular weight excluding hydrogens is 304 g/mol. The van der Waals surface area contributed by atoms with Gasteiger partial charge in [-0.05, 0) is 31.4 Å². The molecule has 1 aromatic rings. The van der Waals surface area contributed by atoms with E-state index in [-0.39, 0.29) is 5.91 Å². The van der Waals surface area contributed by atoms with E-state index in [0.29, 0.717) is 19.5 Å². The molecule has 1 N–H and O–H groups in total. The van der Waals surface area contributed by atoms with Crippen molar-refractivity contribution in [3.05, 3.63) is 34.9 Å². The van der Waals surface area contributed by atoms with Crippen LogP contribution >= 0.6 is 0 Å². The molecule has 1 heterocycles. The van der Waals surface area contributed by atoms with Crippen LogP contribution < -0.4 is 0 Å². The lowest BCUT2D eigenvalue weighted by Gasteiger charge is -2.30. The maximum atomic E-state index is 12.3. The van der Waals surface area contributed by atoms with E-state index < -0.39 is 6.10 Å². The molecule has 1 fully saturated rings. The molecule has 0 spiro atoms. The van der Waals surface area contributed by atoms with Crippen LogP contribution in [0.2, 0.25) is 0 Å². The first-order chi connectivity index (χ1) is 11.5. The topological polar surface area (TPSA) is 53.0 Å². The molecule has 24 heavy (non-hydrogen) atoms. The number of hydrogen-bond donors (Lipinski definition) is 1. The van der Waals surface area contributed by atoms with Gasteiger partial charge in [-0.15, -0.1) is 0 Å². The van der Waals surface area contributed by atoms with Crippen molar-refractivity contribution in [2.24, 2.45) is 0 Å². The number of benzene rings is 1. The SMILES string of the molecule is Cc1ccc(CCC(=O)N(C)CC(O)CN2CCOCC2)c(C)c1. The Kier molecular flexibility index (Phi) is 7.21. The van der Waals surface area contributed by atoms with E-state index in [4.69, 9.17) is 4.74 Å². The Morgan fingerprint density at radius 2 is 2.04 bits per heavy atom. The van der Waals surface area contributed by atoms with Gasteiger partial charge in [0, 0.05) is 39.6 Å². The summed E-state index contributed by atoms with van der Waals surface area (Å²) in [7, 11) is 1.77. The minimum Gasteiger partial charge on any atom is -0.390 e. The van der Waals surface area contributed by atoms with Crippen molar-refractivity contribution >= 4 is 5.91 Å². The number of carbonyl (C=O) groups is 1. The van der Waals surface area contributed by atoms with Crippen molar-refractivity contribution < 1.29 is 14.6 Å². The first-order valence-electron chi connectivity index (χ1n) is 8.74. The molecule has 1 aliphatic heterocycles. The number of aliphatic hydroxyl groups is 1. The van der Waals surface area contributed by atoms with Crippen LogP contribution in [0.15, 0.2) is 18.2 Å². The number of likely N-dealkylation sites (N-methyl/N-ethyl adjacent to an activating group) is 1. The van der Waals surface area contributed by atoms with Gasteiger partial charge in [-0.3, -0.25) is 9.69 Å². The number of nitrogens with zero attached hydrogens (tertiary/aromatic N) is 2. The maximum absolute atomic E-state index is 12.3. The van der Waals surface area contributed by atoms with E-state index in [1.54, 1.807) is 11.9 Å². The van der Waals surface area contributed by atoms with Crippen molar-refractivity contribution in [3.63, 3.8) is 0 Å². The summed E-state index contributed by atoms with van der Waals surface area (Å²) in [5.41, 5.74) is 3.69. The molecule has 134 valence electrons. The number of ether oxygens (including phenoxy) is 1. The highest BCUT2D eigenvalue weighted by atomic mass is 16.5. The molecule has 1 aromatic carbocycles. The summed E-state index contributed by atoms with van der Waals surface area (Å²) in [6, 6.07) is 6.34. The summed E-state index contributed by atoms with van der Waals surface area (Å²) >= 11 is 0. The van der Waals surface area contributed by atoms with Crippen LogP contribution in [0.1, 0.15) is 23.1 Å². The highest BCUT2D eigenvalue weighted by molar-refractivity contribution is 5.76. The number of aryl methyl sites for hydroxylation is 3. The summed E-state index contributed by atoms with van der Waals surface area (Å²) in [6.07, 6.45) is 0.706. The zero-order valence-corrected chi connectivity index (χ0v) is 15.1. The second kappa shape index (κ2) is 9.16. The summed E-state index contributed by atoms with van der Waals surface area (Å²) in [4.78, 5) is 16.1. The van der Waals surface area contributed by atoms with E-state index in [0.717, 1.165) is 32.7 Å². The first-order valence-corrected chi connectivity index (χ1v) is 8.74. The van der Waals surface area contributed by atoms with E-state index in [1.807, 2.05) is 0 Å². The van der Waals surface area contributed by atoms with Crippen LogP contribution in [-0.2, 0) is 16.0 Å². The van der Waals surface area contributed by atoms with Crippen molar-refractivity contribution in [2.75, 3.05) is 46.4 Å². The summed E-state index contributed by atoms with van der Waals surface area (Å²) in [6.45, 7) is 8.27. The van der Waals surface area contributed by atoms with E-state index in [1.165, 1.54) is 16.7 Å². The lowest BCUT2D eigenvalue weighted by Crippen LogP contribution is -2.45. The van der Waals surface area contributed by atoms with Gasteiger partial charge in [0.05, 0.1) is 19.3 Å². The fourth-order valence-corrected chi connectivity index (χ4v) is 3.12. The van der Waals surface area contributed by atoms with Gasteiger partial charge in [0.1, 0.15) is 0 Å². The third-order valence-electron chi connectivity index (χ3n) is 4.59. The number of hydrogen-bond acceptors (Lipinski definition) is 4. The number of rotatable bonds is 7. The van der Waals surface area contributed by atoms with Crippen LogP contribution in [0.25, 0.3) is 0 Å². The number of carbonyl (C=O) groups excluding carboxylic acids is 1. The minimum absolute atomic E-state index is 0.0796. The monoisotopic (exact) mass is 334 g/mol. The van der Waals surface area contributed by atoms with E-state index in [2.05, 4.69) is 36.9 Å². The van der Waals surface area contributed by atoms with Crippen molar-refractivity contribution in [1.82, 2.24) is 9.80 Å². The van der Waals surface area contributed by atoms with Gasteiger partial charge in [0.2, 0.25) is 5.91 Å². The number of aliphatic hydroxyl groups excluding tert-OH is 1. The zero-order valence-electron chi connectivity index (χ0n) is 15.1. The van der Waals surface area contributed by atoms with Gasteiger partial charge in [-0.25, -0.2) is 0 Å². The van der Waals surface area contributed by atoms with Gasteiger partial charge in [-0.2, -0.15) is 0 Å². The molecule has 0 radical (unpaired) electrons. The Labute approximate surface area is 145 Å². The Balaban J connectivity index is 1.74. The van der Waals surface area contributed by atoms with Crippen LogP contribution in [0.4, 0.5) is 0 Å². The lowest BCUT2D eigenvalue weighted by atomic mass is 10.0. The van der Waals surface area contributed by atoms with E-state index >= 15 is 0 Å². The Hall–Kier alpha value is -1.43. The quantitative estimate of drug-likeness (QED) is 0.819. The van der Waals surface area contributed by atoms with Gasteiger partial charge in [0.25, 0.3) is 0 Å². The first kappa shape index (κ1) is 18.9. The van der Waals surface area contributed by atoms with Crippen LogP contribution in [0.5, 0.6) is 0 Å². The molecule has 0 bridgehead atoms. The average molecular weight is 334 g/mol. The van der Waals surface area contributed by atoms with Gasteiger partial charge < -0.3 is 14.7 Å². The van der Waals surface area contributed by atoms with Gasteiger partial charge in [-0.1, -0.05) is 23.8 Å². The zero-order chi connectivity index (χ0) is 17.5. The molecule has 0 aliphatic carbocycles. The Bertz CT molecular complexity index is 541. The fourth-order valence-electron chi connectivity index (χ4n) is 3.12. The van der Waals surface area contributed by atoms with Crippen LogP contribution in [-0.4, -0.2) is 73.4 Å². The smallest absolute Gasteiger partial charge is 0.222 e. The second-order valence-corrected chi connectivity index (χ2v) is 6.77. The molecule has 0 aromatic heterocycles.